The molecule has 1 aromatic carbocycles. The minimum absolute atomic E-state index is 0.0667. The molecule has 0 unspecified atom stereocenters. The number of carbonyl (C=O) groups excluding carboxylic acids is 2. The van der Waals surface area contributed by atoms with Crippen LogP contribution >= 0.6 is 23.1 Å². The van der Waals surface area contributed by atoms with Crippen molar-refractivity contribution >= 4 is 40.0 Å². The van der Waals surface area contributed by atoms with Crippen LogP contribution in [0.4, 0.5) is 9.39 Å². The Balaban J connectivity index is 1.71. The van der Waals surface area contributed by atoms with Gasteiger partial charge in [0.15, 0.2) is 11.0 Å². The second-order valence-corrected chi connectivity index (χ2v) is 7.56. The average molecular weight is 433 g/mol. The Morgan fingerprint density at radius 1 is 1.31 bits per heavy atom. The molecule has 0 atom stereocenters. The van der Waals surface area contributed by atoms with Crippen molar-refractivity contribution in [2.45, 2.75) is 11.7 Å². The number of rotatable bonds is 8. The molecule has 0 saturated carbocycles. The Morgan fingerprint density at radius 2 is 2.07 bits per heavy atom. The quantitative estimate of drug-likeness (QED) is 0.331. The zero-order valence-corrected chi connectivity index (χ0v) is 17.1. The first-order valence-corrected chi connectivity index (χ1v) is 10.3. The third kappa shape index (κ3) is 4.90. The van der Waals surface area contributed by atoms with Gasteiger partial charge in [-0.05, 0) is 35.7 Å². The number of carbonyl (C=O) groups is 2. The molecule has 10 heteroatoms. The van der Waals surface area contributed by atoms with Crippen LogP contribution in [-0.2, 0) is 16.1 Å². The second-order valence-electron chi connectivity index (χ2n) is 5.70. The first-order valence-electron chi connectivity index (χ1n) is 8.42. The van der Waals surface area contributed by atoms with Crippen molar-refractivity contribution < 1.29 is 18.7 Å². The van der Waals surface area contributed by atoms with Crippen molar-refractivity contribution in [3.05, 3.63) is 59.7 Å². The number of hydrogen-bond acceptors (Lipinski definition) is 7. The third-order valence-electron chi connectivity index (χ3n) is 3.79. The number of thioether (sulfide) groups is 1. The summed E-state index contributed by atoms with van der Waals surface area (Å²) in [6.07, 6.45) is 1.69. The Hall–Kier alpha value is -2.98. The minimum Gasteiger partial charge on any atom is -0.465 e. The Morgan fingerprint density at radius 3 is 2.76 bits per heavy atom. The predicted octanol–water partition coefficient (Wildman–Crippen LogP) is 3.85. The number of benzene rings is 1. The molecule has 1 N–H and O–H groups in total. The number of amides is 1. The van der Waals surface area contributed by atoms with Crippen molar-refractivity contribution in [3.63, 3.8) is 0 Å². The van der Waals surface area contributed by atoms with Gasteiger partial charge in [0.25, 0.3) is 0 Å². The lowest BCUT2D eigenvalue weighted by atomic mass is 10.2. The highest BCUT2D eigenvalue weighted by Crippen LogP contribution is 2.26. The lowest BCUT2D eigenvalue weighted by Crippen LogP contribution is -2.16. The van der Waals surface area contributed by atoms with Gasteiger partial charge in [-0.1, -0.05) is 17.8 Å². The molecule has 1 amide bonds. The molecule has 0 aliphatic carbocycles. The highest BCUT2D eigenvalue weighted by molar-refractivity contribution is 7.99. The molecule has 150 valence electrons. The molecule has 0 bridgehead atoms. The molecular weight excluding hydrogens is 415 g/mol. The van der Waals surface area contributed by atoms with Crippen LogP contribution in [0.5, 0.6) is 0 Å². The average Bonchev–Trinajstić information content (AvgIpc) is 3.34. The SMILES string of the molecule is C=CCn1c(SCC(=O)Nc2sccc2C(=O)OC)nnc1-c1ccc(F)cc1. The van der Waals surface area contributed by atoms with Crippen molar-refractivity contribution in [2.24, 2.45) is 0 Å². The summed E-state index contributed by atoms with van der Waals surface area (Å²) in [7, 11) is 1.28. The van der Waals surface area contributed by atoms with Crippen LogP contribution in [0.3, 0.4) is 0 Å². The minimum atomic E-state index is -0.510. The maximum atomic E-state index is 13.2. The summed E-state index contributed by atoms with van der Waals surface area (Å²) < 4.78 is 19.7. The molecule has 3 aromatic rings. The van der Waals surface area contributed by atoms with Gasteiger partial charge in [-0.3, -0.25) is 9.36 Å². The van der Waals surface area contributed by atoms with Gasteiger partial charge in [0.2, 0.25) is 5.91 Å². The molecule has 0 spiro atoms. The van der Waals surface area contributed by atoms with Crippen LogP contribution in [0, 0.1) is 5.82 Å². The molecule has 0 fully saturated rings. The van der Waals surface area contributed by atoms with Crippen LogP contribution in [0.2, 0.25) is 0 Å². The van der Waals surface area contributed by atoms with Gasteiger partial charge in [0.05, 0.1) is 18.4 Å². The molecule has 3 rings (SSSR count). The summed E-state index contributed by atoms with van der Waals surface area (Å²) in [4.78, 5) is 24.0. The van der Waals surface area contributed by atoms with E-state index in [2.05, 4.69) is 22.1 Å². The number of nitrogens with one attached hydrogen (secondary N) is 1. The molecule has 2 heterocycles. The maximum absolute atomic E-state index is 13.2. The topological polar surface area (TPSA) is 86.1 Å². The van der Waals surface area contributed by atoms with E-state index in [9.17, 15) is 14.0 Å². The van der Waals surface area contributed by atoms with Gasteiger partial charge < -0.3 is 10.1 Å². The molecule has 0 aliphatic heterocycles. The van der Waals surface area contributed by atoms with E-state index in [1.165, 1.54) is 42.3 Å². The van der Waals surface area contributed by atoms with E-state index >= 15 is 0 Å². The predicted molar refractivity (Wildman–Crippen MR) is 111 cm³/mol. The van der Waals surface area contributed by atoms with Crippen LogP contribution in [0.15, 0.2) is 53.5 Å². The molecular formula is C19H17FN4O3S2. The van der Waals surface area contributed by atoms with Crippen LogP contribution in [0.1, 0.15) is 10.4 Å². The fraction of sp³-hybridized carbons (Fsp3) is 0.158. The summed E-state index contributed by atoms with van der Waals surface area (Å²) in [6, 6.07) is 7.52. The third-order valence-corrected chi connectivity index (χ3v) is 5.58. The number of nitrogens with zero attached hydrogens (tertiary/aromatic N) is 3. The van der Waals surface area contributed by atoms with E-state index in [0.29, 0.717) is 33.7 Å². The highest BCUT2D eigenvalue weighted by Gasteiger charge is 2.18. The van der Waals surface area contributed by atoms with Gasteiger partial charge in [-0.2, -0.15) is 0 Å². The van der Waals surface area contributed by atoms with Gasteiger partial charge in [0.1, 0.15) is 10.8 Å². The molecule has 0 radical (unpaired) electrons. The maximum Gasteiger partial charge on any atom is 0.340 e. The van der Waals surface area contributed by atoms with Crippen molar-refractivity contribution in [1.29, 1.82) is 0 Å². The molecule has 7 nitrogen and oxygen atoms in total. The number of thiophene rings is 1. The van der Waals surface area contributed by atoms with E-state index in [4.69, 9.17) is 4.74 Å². The summed E-state index contributed by atoms with van der Waals surface area (Å²) in [6.45, 7) is 4.17. The number of halogens is 1. The van der Waals surface area contributed by atoms with Crippen molar-refractivity contribution in [2.75, 3.05) is 18.2 Å². The largest absolute Gasteiger partial charge is 0.465 e. The zero-order chi connectivity index (χ0) is 20.8. The van der Waals surface area contributed by atoms with Crippen LogP contribution < -0.4 is 5.32 Å². The number of ether oxygens (including phenoxy) is 1. The Bertz CT molecular complexity index is 1030. The molecule has 29 heavy (non-hydrogen) atoms. The van der Waals surface area contributed by atoms with Gasteiger partial charge in [-0.25, -0.2) is 9.18 Å². The van der Waals surface area contributed by atoms with Gasteiger partial charge in [0, 0.05) is 12.1 Å². The monoisotopic (exact) mass is 432 g/mol. The lowest BCUT2D eigenvalue weighted by molar-refractivity contribution is -0.113. The molecule has 0 saturated heterocycles. The fourth-order valence-electron chi connectivity index (χ4n) is 2.47. The molecule has 2 aromatic heterocycles. The van der Waals surface area contributed by atoms with E-state index in [1.807, 2.05) is 0 Å². The second kappa shape index (κ2) is 9.48. The van der Waals surface area contributed by atoms with E-state index in [-0.39, 0.29) is 17.5 Å². The van der Waals surface area contributed by atoms with Crippen LogP contribution in [-0.4, -0.2) is 39.5 Å². The first kappa shape index (κ1) is 20.7. The van der Waals surface area contributed by atoms with E-state index in [1.54, 1.807) is 34.2 Å². The van der Waals surface area contributed by atoms with Crippen molar-refractivity contribution in [1.82, 2.24) is 14.8 Å². The van der Waals surface area contributed by atoms with E-state index < -0.39 is 5.97 Å². The summed E-state index contributed by atoms with van der Waals surface area (Å²) in [5, 5.41) is 13.7. The number of anilines is 1. The smallest absolute Gasteiger partial charge is 0.340 e. The standard InChI is InChI=1S/C19H17FN4O3S2/c1-3-9-24-16(12-4-6-13(20)7-5-12)22-23-19(24)29-11-15(25)21-17-14(8-10-28-17)18(26)27-2/h3-8,10H,1,9,11H2,2H3,(H,21,25). The normalized spacial score (nSPS) is 10.6. The van der Waals surface area contributed by atoms with E-state index in [0.717, 1.165) is 0 Å². The summed E-state index contributed by atoms with van der Waals surface area (Å²) in [5.41, 5.74) is 1.02. The summed E-state index contributed by atoms with van der Waals surface area (Å²) >= 11 is 2.44. The molecule has 0 aliphatic rings. The Labute approximate surface area is 174 Å². The first-order chi connectivity index (χ1) is 14.0. The summed E-state index contributed by atoms with van der Waals surface area (Å²) in [5.74, 6) is -0.520. The number of methoxy groups -OCH3 is 1. The van der Waals surface area contributed by atoms with Gasteiger partial charge >= 0.3 is 5.97 Å². The lowest BCUT2D eigenvalue weighted by Gasteiger charge is -2.08. The number of allylic oxidation sites excluding steroid dienone is 1. The van der Waals surface area contributed by atoms with Crippen LogP contribution in [0.25, 0.3) is 11.4 Å². The highest BCUT2D eigenvalue weighted by atomic mass is 32.2. The number of hydrogen-bond donors (Lipinski definition) is 1. The van der Waals surface area contributed by atoms with Gasteiger partial charge in [-0.15, -0.1) is 28.1 Å². The number of esters is 1. The van der Waals surface area contributed by atoms with Crippen molar-refractivity contribution in [3.8, 4) is 11.4 Å². The Kier molecular flexibility index (Phi) is 6.78. The fourth-order valence-corrected chi connectivity index (χ4v) is 4.01. The number of aromatic nitrogens is 3. The zero-order valence-electron chi connectivity index (χ0n) is 15.4.